The molecule has 0 spiro atoms. The number of aryl methyl sites for hydroxylation is 1. The van der Waals surface area contributed by atoms with Crippen LogP contribution in [-0.2, 0) is 11.8 Å². The molecule has 5 heteroatoms. The lowest BCUT2D eigenvalue weighted by atomic mass is 10.2. The number of carbonyl (C=O) groups is 1. The predicted octanol–water partition coefficient (Wildman–Crippen LogP) is 1.63. The molecule has 94 valence electrons. The number of rotatable bonds is 2. The summed E-state index contributed by atoms with van der Waals surface area (Å²) in [5.74, 6) is -0.0133. The van der Waals surface area contributed by atoms with Gasteiger partial charge in [-0.2, -0.15) is 0 Å². The van der Waals surface area contributed by atoms with Crippen molar-refractivity contribution in [2.75, 3.05) is 11.4 Å². The summed E-state index contributed by atoms with van der Waals surface area (Å²) in [4.78, 5) is 17.7. The highest BCUT2D eigenvalue weighted by Gasteiger charge is 2.33. The Morgan fingerprint density at radius 2 is 2.22 bits per heavy atom. The molecular weight excluding hydrogens is 230 g/mol. The van der Waals surface area contributed by atoms with E-state index >= 15 is 0 Å². The molecular formula is C13H15N3O2. The number of aromatic nitrogens is 2. The maximum Gasteiger partial charge on any atom is 0.326 e. The van der Waals surface area contributed by atoms with Crippen LogP contribution in [0.4, 0.5) is 5.95 Å². The van der Waals surface area contributed by atoms with Crippen molar-refractivity contribution in [2.45, 2.75) is 18.9 Å². The summed E-state index contributed by atoms with van der Waals surface area (Å²) in [6, 6.07) is 7.41. The summed E-state index contributed by atoms with van der Waals surface area (Å²) in [5, 5.41) is 9.23. The minimum atomic E-state index is -0.764. The van der Waals surface area contributed by atoms with Gasteiger partial charge in [-0.1, -0.05) is 12.1 Å². The van der Waals surface area contributed by atoms with E-state index < -0.39 is 12.0 Å². The monoisotopic (exact) mass is 245 g/mol. The third-order valence-corrected chi connectivity index (χ3v) is 3.56. The van der Waals surface area contributed by atoms with Crippen LogP contribution >= 0.6 is 0 Å². The van der Waals surface area contributed by atoms with Gasteiger partial charge >= 0.3 is 5.97 Å². The van der Waals surface area contributed by atoms with Crippen molar-refractivity contribution in [1.29, 1.82) is 0 Å². The molecule has 1 aliphatic rings. The number of carboxylic acids is 1. The second-order valence-corrected chi connectivity index (χ2v) is 4.65. The third kappa shape index (κ3) is 1.54. The molecule has 1 unspecified atom stereocenters. The van der Waals surface area contributed by atoms with Crippen LogP contribution in [-0.4, -0.2) is 33.2 Å². The Balaban J connectivity index is 2.09. The van der Waals surface area contributed by atoms with Crippen molar-refractivity contribution in [3.8, 4) is 0 Å². The largest absolute Gasteiger partial charge is 0.480 e. The zero-order chi connectivity index (χ0) is 12.7. The van der Waals surface area contributed by atoms with Crippen molar-refractivity contribution in [1.82, 2.24) is 9.55 Å². The topological polar surface area (TPSA) is 58.4 Å². The van der Waals surface area contributed by atoms with E-state index in [2.05, 4.69) is 4.98 Å². The van der Waals surface area contributed by atoms with E-state index in [1.807, 2.05) is 40.8 Å². The van der Waals surface area contributed by atoms with Crippen molar-refractivity contribution >= 4 is 23.0 Å². The van der Waals surface area contributed by atoms with Gasteiger partial charge in [-0.3, -0.25) is 0 Å². The van der Waals surface area contributed by atoms with E-state index in [1.54, 1.807) is 0 Å². The maximum absolute atomic E-state index is 11.2. The van der Waals surface area contributed by atoms with Gasteiger partial charge in [-0.15, -0.1) is 0 Å². The highest BCUT2D eigenvalue weighted by atomic mass is 16.4. The minimum absolute atomic E-state index is 0.444. The fourth-order valence-electron chi connectivity index (χ4n) is 2.65. The number of hydrogen-bond donors (Lipinski definition) is 1. The van der Waals surface area contributed by atoms with Crippen LogP contribution in [0, 0.1) is 0 Å². The Morgan fingerprint density at radius 3 is 2.94 bits per heavy atom. The lowest BCUT2D eigenvalue weighted by Gasteiger charge is -2.22. The summed E-state index contributed by atoms with van der Waals surface area (Å²) in [6.07, 6.45) is 1.60. The molecule has 2 heterocycles. The van der Waals surface area contributed by atoms with Crippen molar-refractivity contribution in [3.63, 3.8) is 0 Å². The Labute approximate surface area is 105 Å². The molecule has 1 aliphatic heterocycles. The first kappa shape index (κ1) is 11.1. The van der Waals surface area contributed by atoms with Gasteiger partial charge in [0.2, 0.25) is 5.95 Å². The fraction of sp³-hybridized carbons (Fsp3) is 0.385. The van der Waals surface area contributed by atoms with Crippen molar-refractivity contribution < 1.29 is 9.90 Å². The molecule has 18 heavy (non-hydrogen) atoms. The van der Waals surface area contributed by atoms with Crippen LogP contribution in [0.2, 0.25) is 0 Å². The van der Waals surface area contributed by atoms with Gasteiger partial charge in [0, 0.05) is 13.6 Å². The highest BCUT2D eigenvalue weighted by molar-refractivity contribution is 5.82. The molecule has 1 aromatic carbocycles. The van der Waals surface area contributed by atoms with E-state index in [0.717, 1.165) is 29.9 Å². The summed E-state index contributed by atoms with van der Waals surface area (Å²) >= 11 is 0. The number of imidazole rings is 1. The molecule has 1 fully saturated rings. The summed E-state index contributed by atoms with van der Waals surface area (Å²) < 4.78 is 1.97. The number of carboxylic acid groups (broad SMARTS) is 1. The Kier molecular flexibility index (Phi) is 2.47. The molecule has 0 amide bonds. The second kappa shape index (κ2) is 4.01. The lowest BCUT2D eigenvalue weighted by Crippen LogP contribution is -2.37. The highest BCUT2D eigenvalue weighted by Crippen LogP contribution is 2.27. The number of fused-ring (bicyclic) bond motifs is 1. The van der Waals surface area contributed by atoms with Gasteiger partial charge < -0.3 is 14.6 Å². The number of anilines is 1. The zero-order valence-electron chi connectivity index (χ0n) is 10.2. The lowest BCUT2D eigenvalue weighted by molar-refractivity contribution is -0.138. The minimum Gasteiger partial charge on any atom is -0.480 e. The summed E-state index contributed by atoms with van der Waals surface area (Å²) in [6.45, 7) is 0.758. The van der Waals surface area contributed by atoms with Gasteiger partial charge in [0.15, 0.2) is 0 Å². The summed E-state index contributed by atoms with van der Waals surface area (Å²) in [7, 11) is 1.93. The molecule has 1 aromatic heterocycles. The van der Waals surface area contributed by atoms with Gasteiger partial charge in [-0.25, -0.2) is 9.78 Å². The number of para-hydroxylation sites is 2. The maximum atomic E-state index is 11.2. The van der Waals surface area contributed by atoms with Gasteiger partial charge in [-0.05, 0) is 25.0 Å². The number of benzene rings is 1. The average molecular weight is 245 g/mol. The van der Waals surface area contributed by atoms with Crippen LogP contribution in [0.1, 0.15) is 12.8 Å². The zero-order valence-corrected chi connectivity index (χ0v) is 10.2. The van der Waals surface area contributed by atoms with Crippen LogP contribution in [0.15, 0.2) is 24.3 Å². The molecule has 0 radical (unpaired) electrons. The van der Waals surface area contributed by atoms with Crippen LogP contribution in [0.5, 0.6) is 0 Å². The number of nitrogens with zero attached hydrogens (tertiary/aromatic N) is 3. The van der Waals surface area contributed by atoms with Crippen molar-refractivity contribution in [2.24, 2.45) is 7.05 Å². The van der Waals surface area contributed by atoms with Crippen LogP contribution in [0.25, 0.3) is 11.0 Å². The first-order valence-corrected chi connectivity index (χ1v) is 6.09. The van der Waals surface area contributed by atoms with E-state index in [9.17, 15) is 9.90 Å². The third-order valence-electron chi connectivity index (χ3n) is 3.56. The molecule has 0 saturated carbocycles. The van der Waals surface area contributed by atoms with Crippen LogP contribution < -0.4 is 4.90 Å². The average Bonchev–Trinajstić information content (AvgIpc) is 2.94. The molecule has 2 aromatic rings. The van der Waals surface area contributed by atoms with Crippen molar-refractivity contribution in [3.05, 3.63) is 24.3 Å². The normalized spacial score (nSPS) is 19.6. The quantitative estimate of drug-likeness (QED) is 0.873. The number of aliphatic carboxylic acids is 1. The van der Waals surface area contributed by atoms with E-state index in [-0.39, 0.29) is 0 Å². The Hall–Kier alpha value is -2.04. The first-order chi connectivity index (χ1) is 8.68. The van der Waals surface area contributed by atoms with Gasteiger partial charge in [0.25, 0.3) is 0 Å². The molecule has 5 nitrogen and oxygen atoms in total. The van der Waals surface area contributed by atoms with E-state index in [1.165, 1.54) is 0 Å². The number of hydrogen-bond acceptors (Lipinski definition) is 3. The smallest absolute Gasteiger partial charge is 0.326 e. The molecule has 3 rings (SSSR count). The van der Waals surface area contributed by atoms with E-state index in [4.69, 9.17) is 0 Å². The molecule has 0 bridgehead atoms. The molecule has 0 aliphatic carbocycles. The fourth-order valence-corrected chi connectivity index (χ4v) is 2.65. The first-order valence-electron chi connectivity index (χ1n) is 6.09. The Morgan fingerprint density at radius 1 is 1.44 bits per heavy atom. The Bertz CT molecular complexity index is 605. The molecule has 1 atom stereocenters. The standard InChI is InChI=1S/C13H15N3O2/c1-15-10-6-3-2-5-9(10)14-13(15)16-8-4-7-11(16)12(17)18/h2-3,5-6,11H,4,7-8H2,1H3,(H,17,18). The summed E-state index contributed by atoms with van der Waals surface area (Å²) in [5.41, 5.74) is 1.94. The predicted molar refractivity (Wildman–Crippen MR) is 68.7 cm³/mol. The van der Waals surface area contributed by atoms with Gasteiger partial charge in [0.05, 0.1) is 11.0 Å². The van der Waals surface area contributed by atoms with E-state index in [0.29, 0.717) is 6.42 Å². The van der Waals surface area contributed by atoms with Crippen LogP contribution in [0.3, 0.4) is 0 Å². The van der Waals surface area contributed by atoms with Gasteiger partial charge in [0.1, 0.15) is 6.04 Å². The molecule has 1 N–H and O–H groups in total. The SMILES string of the molecule is Cn1c(N2CCCC2C(=O)O)nc2ccccc21. The molecule has 1 saturated heterocycles. The second-order valence-electron chi connectivity index (χ2n) is 4.65.